The minimum atomic E-state index is -0.437. The third-order valence-electron chi connectivity index (χ3n) is 1.95. The SMILES string of the molecule is [14CH3][C@@H](CO)c1ccc([N+](=O)[O-])cc1. The molecule has 1 rings (SSSR count). The number of nitro groups is 1. The number of hydrogen-bond donors (Lipinski definition) is 1. The molecule has 0 aliphatic heterocycles. The van der Waals surface area contributed by atoms with Crippen LogP contribution in [-0.4, -0.2) is 16.6 Å². The van der Waals surface area contributed by atoms with E-state index in [4.69, 9.17) is 5.11 Å². The first-order chi connectivity index (χ1) is 6.15. The molecule has 0 saturated carbocycles. The lowest BCUT2D eigenvalue weighted by Crippen LogP contribution is -1.98. The van der Waals surface area contributed by atoms with Crippen LogP contribution < -0.4 is 0 Å². The Labute approximate surface area is 76.0 Å². The summed E-state index contributed by atoms with van der Waals surface area (Å²) in [5, 5.41) is 19.1. The average molecular weight is 183 g/mol. The predicted molar refractivity (Wildman–Crippen MR) is 48.6 cm³/mol. The summed E-state index contributed by atoms with van der Waals surface area (Å²) >= 11 is 0. The van der Waals surface area contributed by atoms with Gasteiger partial charge in [0, 0.05) is 24.7 Å². The first kappa shape index (κ1) is 9.67. The van der Waals surface area contributed by atoms with Crippen molar-refractivity contribution in [3.05, 3.63) is 39.9 Å². The zero-order chi connectivity index (χ0) is 9.84. The summed E-state index contributed by atoms with van der Waals surface area (Å²) in [7, 11) is 0. The molecule has 1 aromatic rings. The van der Waals surface area contributed by atoms with E-state index in [1.165, 1.54) is 12.1 Å². The van der Waals surface area contributed by atoms with Crippen LogP contribution in [0.2, 0.25) is 0 Å². The van der Waals surface area contributed by atoms with E-state index in [0.29, 0.717) is 0 Å². The van der Waals surface area contributed by atoms with Crippen molar-refractivity contribution in [2.75, 3.05) is 6.61 Å². The highest BCUT2D eigenvalue weighted by atomic mass is 16.6. The Morgan fingerprint density at radius 3 is 2.38 bits per heavy atom. The van der Waals surface area contributed by atoms with Crippen molar-refractivity contribution in [3.63, 3.8) is 0 Å². The maximum Gasteiger partial charge on any atom is 0.269 e. The van der Waals surface area contributed by atoms with E-state index in [1.807, 2.05) is 6.92 Å². The van der Waals surface area contributed by atoms with Crippen LogP contribution in [0.4, 0.5) is 5.69 Å². The molecule has 1 N–H and O–H groups in total. The fraction of sp³-hybridized carbons (Fsp3) is 0.333. The number of nitro benzene ring substituents is 1. The van der Waals surface area contributed by atoms with E-state index in [-0.39, 0.29) is 18.2 Å². The molecule has 1 aromatic carbocycles. The lowest BCUT2D eigenvalue weighted by Gasteiger charge is -2.06. The van der Waals surface area contributed by atoms with Crippen LogP contribution in [0.1, 0.15) is 18.4 Å². The average Bonchev–Trinajstić information content (AvgIpc) is 2.17. The molecule has 0 aliphatic carbocycles. The molecule has 0 unspecified atom stereocenters. The summed E-state index contributed by atoms with van der Waals surface area (Å²) in [6, 6.07) is 6.22. The molecule has 1 atom stereocenters. The van der Waals surface area contributed by atoms with Crippen LogP contribution in [0.5, 0.6) is 0 Å². The smallest absolute Gasteiger partial charge is 0.269 e. The normalized spacial score (nSPS) is 12.5. The van der Waals surface area contributed by atoms with Crippen LogP contribution in [0.25, 0.3) is 0 Å². The van der Waals surface area contributed by atoms with E-state index in [9.17, 15) is 10.1 Å². The highest BCUT2D eigenvalue weighted by Gasteiger charge is 2.07. The molecule has 0 heterocycles. The Hall–Kier alpha value is -1.42. The molecule has 0 spiro atoms. The van der Waals surface area contributed by atoms with Gasteiger partial charge in [0.1, 0.15) is 0 Å². The van der Waals surface area contributed by atoms with Crippen LogP contribution in [0.15, 0.2) is 24.3 Å². The molecular weight excluding hydrogens is 172 g/mol. The highest BCUT2D eigenvalue weighted by molar-refractivity contribution is 5.34. The van der Waals surface area contributed by atoms with E-state index >= 15 is 0 Å². The quantitative estimate of drug-likeness (QED) is 0.572. The molecular formula is C9H11NO3. The fourth-order valence-corrected chi connectivity index (χ4v) is 1.03. The molecule has 13 heavy (non-hydrogen) atoms. The van der Waals surface area contributed by atoms with Gasteiger partial charge in [0.15, 0.2) is 0 Å². The Morgan fingerprint density at radius 1 is 1.46 bits per heavy atom. The van der Waals surface area contributed by atoms with Gasteiger partial charge < -0.3 is 5.11 Å². The van der Waals surface area contributed by atoms with Crippen LogP contribution >= 0.6 is 0 Å². The predicted octanol–water partition coefficient (Wildman–Crippen LogP) is 1.69. The monoisotopic (exact) mass is 183 g/mol. The minimum absolute atomic E-state index is 0.0285. The van der Waals surface area contributed by atoms with Crippen LogP contribution in [0, 0.1) is 10.1 Å². The second-order valence-electron chi connectivity index (χ2n) is 2.93. The van der Waals surface area contributed by atoms with E-state index < -0.39 is 4.92 Å². The first-order valence-electron chi connectivity index (χ1n) is 4.00. The topological polar surface area (TPSA) is 63.4 Å². The zero-order valence-electron chi connectivity index (χ0n) is 7.30. The van der Waals surface area contributed by atoms with Crippen LogP contribution in [0.3, 0.4) is 0 Å². The highest BCUT2D eigenvalue weighted by Crippen LogP contribution is 2.18. The molecule has 0 aliphatic rings. The molecule has 0 bridgehead atoms. The summed E-state index contributed by atoms with van der Waals surface area (Å²) in [4.78, 5) is 9.87. The van der Waals surface area contributed by atoms with Crippen molar-refractivity contribution >= 4 is 5.69 Å². The number of aliphatic hydroxyl groups is 1. The Balaban J connectivity index is 2.87. The van der Waals surface area contributed by atoms with Crippen molar-refractivity contribution in [2.45, 2.75) is 12.8 Å². The van der Waals surface area contributed by atoms with Crippen molar-refractivity contribution in [2.24, 2.45) is 0 Å². The molecule has 0 radical (unpaired) electrons. The maximum atomic E-state index is 10.3. The van der Waals surface area contributed by atoms with Crippen molar-refractivity contribution in [1.82, 2.24) is 0 Å². The van der Waals surface area contributed by atoms with Gasteiger partial charge >= 0.3 is 0 Å². The van der Waals surface area contributed by atoms with Gasteiger partial charge in [-0.25, -0.2) is 0 Å². The third kappa shape index (κ3) is 2.26. The van der Waals surface area contributed by atoms with Crippen molar-refractivity contribution < 1.29 is 10.0 Å². The summed E-state index contributed by atoms with van der Waals surface area (Å²) in [6.45, 7) is 1.92. The summed E-state index contributed by atoms with van der Waals surface area (Å²) < 4.78 is 0. The van der Waals surface area contributed by atoms with Gasteiger partial charge in [-0.15, -0.1) is 0 Å². The second kappa shape index (κ2) is 4.00. The third-order valence-corrected chi connectivity index (χ3v) is 1.95. The van der Waals surface area contributed by atoms with Crippen molar-refractivity contribution in [1.29, 1.82) is 0 Å². The maximum absolute atomic E-state index is 10.3. The number of hydrogen-bond acceptors (Lipinski definition) is 3. The largest absolute Gasteiger partial charge is 0.396 e. The summed E-state index contributed by atoms with van der Waals surface area (Å²) in [5.41, 5.74) is 0.988. The van der Waals surface area contributed by atoms with Gasteiger partial charge in [0.05, 0.1) is 4.92 Å². The molecule has 0 fully saturated rings. The van der Waals surface area contributed by atoms with Gasteiger partial charge in [-0.1, -0.05) is 19.1 Å². The van der Waals surface area contributed by atoms with Gasteiger partial charge in [-0.05, 0) is 5.56 Å². The standard InChI is InChI=1S/C9H11NO3/c1-7(6-11)8-2-4-9(5-3-8)10(12)13/h2-5,7,11H,6H2,1H3/t7-/m0/s1/i1+2. The van der Waals surface area contributed by atoms with E-state index in [2.05, 4.69) is 0 Å². The summed E-state index contributed by atoms with van der Waals surface area (Å²) in [5.74, 6) is 0.0285. The number of rotatable bonds is 3. The number of aliphatic hydroxyl groups excluding tert-OH is 1. The molecule has 0 aromatic heterocycles. The number of benzene rings is 1. The Morgan fingerprint density at radius 2 is 2.00 bits per heavy atom. The molecule has 4 heteroatoms. The second-order valence-corrected chi connectivity index (χ2v) is 2.93. The van der Waals surface area contributed by atoms with Crippen LogP contribution in [-0.2, 0) is 0 Å². The fourth-order valence-electron chi connectivity index (χ4n) is 1.03. The molecule has 4 nitrogen and oxygen atoms in total. The van der Waals surface area contributed by atoms with E-state index in [1.54, 1.807) is 12.1 Å². The van der Waals surface area contributed by atoms with Gasteiger partial charge in [0.25, 0.3) is 5.69 Å². The molecule has 70 valence electrons. The lowest BCUT2D eigenvalue weighted by molar-refractivity contribution is -0.384. The van der Waals surface area contributed by atoms with E-state index in [0.717, 1.165) is 5.56 Å². The first-order valence-corrected chi connectivity index (χ1v) is 4.00. The number of non-ortho nitro benzene ring substituents is 1. The lowest BCUT2D eigenvalue weighted by atomic mass is 10.1. The molecule has 0 amide bonds. The van der Waals surface area contributed by atoms with Crippen molar-refractivity contribution in [3.8, 4) is 0 Å². The minimum Gasteiger partial charge on any atom is -0.396 e. The summed E-state index contributed by atoms with van der Waals surface area (Å²) in [6.07, 6.45) is 0. The number of nitrogens with zero attached hydrogens (tertiary/aromatic N) is 1. The molecule has 0 saturated heterocycles. The van der Waals surface area contributed by atoms with Gasteiger partial charge in [0.2, 0.25) is 0 Å². The van der Waals surface area contributed by atoms with Gasteiger partial charge in [-0.2, -0.15) is 0 Å². The van der Waals surface area contributed by atoms with Gasteiger partial charge in [-0.3, -0.25) is 10.1 Å². The zero-order valence-corrected chi connectivity index (χ0v) is 7.30. The Bertz CT molecular complexity index is 294. The Kier molecular flexibility index (Phi) is 2.97.